The van der Waals surface area contributed by atoms with Crippen molar-refractivity contribution in [2.24, 2.45) is 17.8 Å². The summed E-state index contributed by atoms with van der Waals surface area (Å²) in [7, 11) is 11.1. The van der Waals surface area contributed by atoms with Crippen molar-refractivity contribution < 1.29 is 38.3 Å². The van der Waals surface area contributed by atoms with Crippen molar-refractivity contribution >= 4 is 41.4 Å². The van der Waals surface area contributed by atoms with Gasteiger partial charge in [0.05, 0.1) is 7.11 Å². The third-order valence-corrected chi connectivity index (χ3v) is 12.7. The Morgan fingerprint density at radius 1 is 0.538 bits per heavy atom. The lowest BCUT2D eigenvalue weighted by Crippen LogP contribution is -2.61. The van der Waals surface area contributed by atoms with Crippen LogP contribution in [0.5, 0.6) is 0 Å². The van der Waals surface area contributed by atoms with Gasteiger partial charge in [-0.2, -0.15) is 0 Å². The minimum Gasteiger partial charge on any atom is -0.469 e. The van der Waals surface area contributed by atoms with E-state index in [0.29, 0.717) is 25.8 Å². The molecule has 1 rings (SSSR count). The van der Waals surface area contributed by atoms with Crippen LogP contribution < -0.4 is 0 Å². The van der Waals surface area contributed by atoms with Crippen molar-refractivity contribution in [3.05, 3.63) is 48.6 Å². The maximum Gasteiger partial charge on any atom is 0.305 e. The number of allylic oxidation sites excluding steroid dienone is 1. The number of esters is 1. The fraction of sp³-hybridized carbons (Fsp3) is 0.706. The highest BCUT2D eigenvalue weighted by atomic mass is 16.5. The lowest BCUT2D eigenvalue weighted by molar-refractivity contribution is -0.157. The number of carbonyl (C=O) groups excluding carboxylic acids is 7. The number of ether oxygens (including phenoxy) is 1. The van der Waals surface area contributed by atoms with E-state index in [-0.39, 0.29) is 47.9 Å². The van der Waals surface area contributed by atoms with Crippen LogP contribution >= 0.6 is 0 Å². The van der Waals surface area contributed by atoms with Crippen molar-refractivity contribution in [2.45, 2.75) is 162 Å². The van der Waals surface area contributed by atoms with Gasteiger partial charge in [0.1, 0.15) is 30.2 Å². The van der Waals surface area contributed by atoms with Crippen molar-refractivity contribution in [3.8, 4) is 0 Å². The first-order valence-corrected chi connectivity index (χ1v) is 23.9. The van der Waals surface area contributed by atoms with Gasteiger partial charge in [0.15, 0.2) is 0 Å². The molecule has 368 valence electrons. The highest BCUT2D eigenvalue weighted by Gasteiger charge is 2.43. The van der Waals surface area contributed by atoms with E-state index in [9.17, 15) is 33.6 Å². The Kier molecular flexibility index (Phi) is 26.6. The van der Waals surface area contributed by atoms with Crippen LogP contribution in [0.2, 0.25) is 0 Å². The number of hydrogen-bond donors (Lipinski definition) is 0. The Labute approximate surface area is 392 Å². The number of nitrogens with zero attached hydrogens (tertiary/aromatic N) is 6. The molecule has 0 spiro atoms. The van der Waals surface area contributed by atoms with Crippen LogP contribution in [0.3, 0.4) is 0 Å². The Hall–Kier alpha value is -4.75. The summed E-state index contributed by atoms with van der Waals surface area (Å²) in [5.41, 5.74) is 0.888. The van der Waals surface area contributed by atoms with Gasteiger partial charge in [-0.05, 0) is 62.3 Å². The average molecular weight is 911 g/mol. The molecule has 0 unspecified atom stereocenters. The molecule has 0 radical (unpaired) electrons. The second kappa shape index (κ2) is 29.7. The molecule has 0 aliphatic carbocycles. The van der Waals surface area contributed by atoms with Crippen molar-refractivity contribution in [1.82, 2.24) is 29.4 Å². The largest absolute Gasteiger partial charge is 0.469 e. The average Bonchev–Trinajstić information content (AvgIpc) is 3.27. The molecule has 0 N–H and O–H groups in total. The normalized spacial score (nSPS) is 13.6. The predicted octanol–water partition coefficient (Wildman–Crippen LogP) is 6.85. The summed E-state index contributed by atoms with van der Waals surface area (Å²) in [6, 6.07) is 4.97. The van der Waals surface area contributed by atoms with Gasteiger partial charge in [-0.25, -0.2) is 0 Å². The fourth-order valence-electron chi connectivity index (χ4n) is 8.49. The van der Waals surface area contributed by atoms with Crippen molar-refractivity contribution in [1.29, 1.82) is 0 Å². The number of unbranched alkanes of at least 4 members (excludes halogenated alkanes) is 8. The second-order valence-corrected chi connectivity index (χ2v) is 18.8. The van der Waals surface area contributed by atoms with Gasteiger partial charge in [-0.1, -0.05) is 110 Å². The molecule has 0 aromatic heterocycles. The van der Waals surface area contributed by atoms with Crippen molar-refractivity contribution in [3.63, 3.8) is 0 Å². The molecule has 0 bridgehead atoms. The molecule has 6 amide bonds. The molecule has 0 fully saturated rings. The van der Waals surface area contributed by atoms with E-state index >= 15 is 0 Å². The molecule has 14 heteroatoms. The van der Waals surface area contributed by atoms with E-state index in [2.05, 4.69) is 6.58 Å². The first-order valence-electron chi connectivity index (χ1n) is 23.9. The quantitative estimate of drug-likeness (QED) is 0.0463. The summed E-state index contributed by atoms with van der Waals surface area (Å²) < 4.78 is 4.71. The van der Waals surface area contributed by atoms with Gasteiger partial charge in [0.2, 0.25) is 35.4 Å². The smallest absolute Gasteiger partial charge is 0.305 e. The number of methoxy groups -OCH3 is 1. The summed E-state index contributed by atoms with van der Waals surface area (Å²) in [5, 5.41) is 0. The topological polar surface area (TPSA) is 148 Å². The first-order chi connectivity index (χ1) is 30.6. The van der Waals surface area contributed by atoms with E-state index in [1.807, 2.05) is 78.0 Å². The van der Waals surface area contributed by atoms with E-state index in [4.69, 9.17) is 4.74 Å². The lowest BCUT2D eigenvalue weighted by atomic mass is 9.94. The molecule has 5 atom stereocenters. The van der Waals surface area contributed by atoms with Gasteiger partial charge in [0.25, 0.3) is 0 Å². The van der Waals surface area contributed by atoms with Gasteiger partial charge in [-0.15, -0.1) is 6.58 Å². The van der Waals surface area contributed by atoms with Crippen molar-refractivity contribution in [2.75, 3.05) is 55.9 Å². The molecule has 0 heterocycles. The molecule has 65 heavy (non-hydrogen) atoms. The highest BCUT2D eigenvalue weighted by molar-refractivity contribution is 5.96. The van der Waals surface area contributed by atoms with Crippen LogP contribution in [0.4, 0.5) is 0 Å². The molecule has 0 aliphatic heterocycles. The number of rotatable bonds is 30. The summed E-state index contributed by atoms with van der Waals surface area (Å²) in [6.07, 6.45) is 11.7. The summed E-state index contributed by atoms with van der Waals surface area (Å²) in [5.74, 6) is -3.13. The summed E-state index contributed by atoms with van der Waals surface area (Å²) >= 11 is 0. The summed E-state index contributed by atoms with van der Waals surface area (Å²) in [6.45, 7) is 17.0. The molecule has 1 aromatic rings. The molecule has 0 aliphatic rings. The van der Waals surface area contributed by atoms with Crippen LogP contribution in [-0.2, 0) is 44.7 Å². The Balaban J connectivity index is 3.25. The SMILES string of the molecule is C=CCCCCCC(=O)N(C)[C@H](C(=O)N(C)[C@H](C(=O)N(C)[C@H](C(=O)N(C)[C@@H](C)C(=O)N(C)[C@@H](Cc1ccccc1)C(=O)N(C)CCCCCCCCC(=O)OC)C(C)C)C(C)C)C(C)C. The zero-order valence-corrected chi connectivity index (χ0v) is 42.6. The second-order valence-electron chi connectivity index (χ2n) is 18.8. The van der Waals surface area contributed by atoms with Crippen LogP contribution in [0, 0.1) is 17.8 Å². The van der Waals surface area contributed by atoms with E-state index < -0.39 is 47.9 Å². The molecule has 14 nitrogen and oxygen atoms in total. The van der Waals surface area contributed by atoms with Crippen LogP contribution in [0.1, 0.15) is 131 Å². The molecular weight excluding hydrogens is 825 g/mol. The standard InChI is InChI=1S/C51H86N6O8/c1-16-17-18-21-27-32-42(58)55(12)44(36(2)3)50(63)57(14)46(38(6)7)51(64)56(13)45(37(4)5)49(62)53(10)39(8)47(60)54(11)41(35-40-30-25-24-26-31-40)48(61)52(9)34-29-23-20-19-22-28-33-43(59)65-15/h16,24-26,30-31,36-39,41,44-46H,1,17-23,27-29,32-35H2,2-15H3/t39-,41-,44-,45-,46-/m0/s1. The minimum absolute atomic E-state index is 0.132. The number of hydrogen-bond acceptors (Lipinski definition) is 8. The maximum absolute atomic E-state index is 14.6. The lowest BCUT2D eigenvalue weighted by Gasteiger charge is -2.41. The maximum atomic E-state index is 14.6. The Morgan fingerprint density at radius 3 is 1.48 bits per heavy atom. The van der Waals surface area contributed by atoms with Gasteiger partial charge in [-0.3, -0.25) is 33.6 Å². The zero-order valence-electron chi connectivity index (χ0n) is 42.6. The highest BCUT2D eigenvalue weighted by Crippen LogP contribution is 2.24. The van der Waals surface area contributed by atoms with E-state index in [1.54, 1.807) is 47.1 Å². The van der Waals surface area contributed by atoms with E-state index in [1.165, 1.54) is 38.7 Å². The van der Waals surface area contributed by atoms with E-state index in [0.717, 1.165) is 63.4 Å². The van der Waals surface area contributed by atoms with Gasteiger partial charge in [0, 0.05) is 68.1 Å². The minimum atomic E-state index is -0.986. The monoisotopic (exact) mass is 911 g/mol. The number of amides is 6. The fourth-order valence-corrected chi connectivity index (χ4v) is 8.49. The van der Waals surface area contributed by atoms with Crippen LogP contribution in [0.15, 0.2) is 43.0 Å². The summed E-state index contributed by atoms with van der Waals surface area (Å²) in [4.78, 5) is 105. The first kappa shape index (κ1) is 58.3. The van der Waals surface area contributed by atoms with Gasteiger partial charge >= 0.3 is 5.97 Å². The third kappa shape index (κ3) is 18.2. The molecule has 0 saturated heterocycles. The molecule has 0 saturated carbocycles. The van der Waals surface area contributed by atoms with Gasteiger partial charge < -0.3 is 34.1 Å². The Bertz CT molecular complexity index is 1670. The number of carbonyl (C=O) groups is 7. The molecular formula is C51H86N6O8. The Morgan fingerprint density at radius 2 is 0.985 bits per heavy atom. The van der Waals surface area contributed by atoms with Crippen LogP contribution in [-0.4, -0.2) is 157 Å². The molecule has 1 aromatic carbocycles. The zero-order chi connectivity index (χ0) is 49.6. The van der Waals surface area contributed by atoms with Crippen LogP contribution in [0.25, 0.3) is 0 Å². The number of benzene rings is 1. The third-order valence-electron chi connectivity index (χ3n) is 12.7. The number of likely N-dealkylation sites (N-methyl/N-ethyl adjacent to an activating group) is 6. The predicted molar refractivity (Wildman–Crippen MR) is 258 cm³/mol.